The molecule has 0 amide bonds. The molecule has 1 aromatic heterocycles. The molecule has 1 N–H and O–H groups in total. The van der Waals surface area contributed by atoms with Crippen LogP contribution in [0.3, 0.4) is 0 Å². The van der Waals surface area contributed by atoms with Crippen molar-refractivity contribution in [1.29, 1.82) is 0 Å². The summed E-state index contributed by atoms with van der Waals surface area (Å²) in [5.41, 5.74) is 1.11. The maximum Gasteiger partial charge on any atom is 0.0465 e. The molecule has 1 unspecified atom stereocenters. The van der Waals surface area contributed by atoms with Gasteiger partial charge in [0.25, 0.3) is 0 Å². The fraction of sp³-hybridized carbons (Fsp3) is 0.412. The SMILES string of the molecule is Clc1ccc(CNC(c2cccs2)C2CCCC2)c(Cl)c1. The van der Waals surface area contributed by atoms with E-state index in [0.717, 1.165) is 23.0 Å². The zero-order valence-electron chi connectivity index (χ0n) is 11.8. The normalized spacial score (nSPS) is 17.2. The first-order chi connectivity index (χ1) is 10.2. The van der Waals surface area contributed by atoms with E-state index in [0.29, 0.717) is 11.1 Å². The molecule has 1 aliphatic carbocycles. The smallest absolute Gasteiger partial charge is 0.0465 e. The molecule has 1 fully saturated rings. The molecule has 0 aliphatic heterocycles. The number of benzene rings is 1. The van der Waals surface area contributed by atoms with Crippen molar-refractivity contribution in [3.8, 4) is 0 Å². The minimum absolute atomic E-state index is 0.444. The quantitative estimate of drug-likeness (QED) is 0.696. The van der Waals surface area contributed by atoms with Gasteiger partial charge in [-0.05, 0) is 47.9 Å². The first-order valence-corrected chi connectivity index (χ1v) is 9.08. The Balaban J connectivity index is 1.72. The molecule has 1 nitrogen and oxygen atoms in total. The third-order valence-corrected chi connectivity index (χ3v) is 5.79. The fourth-order valence-electron chi connectivity index (χ4n) is 3.14. The zero-order chi connectivity index (χ0) is 14.7. The topological polar surface area (TPSA) is 12.0 Å². The zero-order valence-corrected chi connectivity index (χ0v) is 14.1. The van der Waals surface area contributed by atoms with Crippen LogP contribution in [0, 0.1) is 5.92 Å². The van der Waals surface area contributed by atoms with Crippen LogP contribution >= 0.6 is 34.5 Å². The van der Waals surface area contributed by atoms with Gasteiger partial charge in [-0.1, -0.05) is 48.2 Å². The number of rotatable bonds is 5. The van der Waals surface area contributed by atoms with Gasteiger partial charge >= 0.3 is 0 Å². The van der Waals surface area contributed by atoms with Crippen LogP contribution in [0.25, 0.3) is 0 Å². The molecule has 0 radical (unpaired) electrons. The molecule has 1 heterocycles. The first-order valence-electron chi connectivity index (χ1n) is 7.45. The van der Waals surface area contributed by atoms with Crippen LogP contribution in [0.1, 0.15) is 42.2 Å². The molecule has 4 heteroatoms. The summed E-state index contributed by atoms with van der Waals surface area (Å²) in [6.45, 7) is 0.787. The lowest BCUT2D eigenvalue weighted by Gasteiger charge is -2.24. The highest BCUT2D eigenvalue weighted by Crippen LogP contribution is 2.37. The number of thiophene rings is 1. The van der Waals surface area contributed by atoms with E-state index in [1.54, 1.807) is 0 Å². The molecular weight excluding hydrogens is 321 g/mol. The monoisotopic (exact) mass is 339 g/mol. The van der Waals surface area contributed by atoms with Gasteiger partial charge in [0, 0.05) is 27.5 Å². The van der Waals surface area contributed by atoms with Gasteiger partial charge < -0.3 is 5.32 Å². The molecule has 1 saturated carbocycles. The molecule has 1 aliphatic rings. The Morgan fingerprint density at radius 2 is 2.00 bits per heavy atom. The van der Waals surface area contributed by atoms with Crippen molar-refractivity contribution in [2.45, 2.75) is 38.3 Å². The van der Waals surface area contributed by atoms with Gasteiger partial charge in [-0.15, -0.1) is 11.3 Å². The maximum absolute atomic E-state index is 6.28. The van der Waals surface area contributed by atoms with Crippen molar-refractivity contribution >= 4 is 34.5 Å². The maximum atomic E-state index is 6.28. The lowest BCUT2D eigenvalue weighted by atomic mass is 9.96. The second-order valence-electron chi connectivity index (χ2n) is 5.65. The predicted molar refractivity (Wildman–Crippen MR) is 92.3 cm³/mol. The van der Waals surface area contributed by atoms with E-state index in [-0.39, 0.29) is 0 Å². The lowest BCUT2D eigenvalue weighted by Crippen LogP contribution is -2.26. The van der Waals surface area contributed by atoms with Crippen molar-refractivity contribution in [2.75, 3.05) is 0 Å². The van der Waals surface area contributed by atoms with E-state index < -0.39 is 0 Å². The highest BCUT2D eigenvalue weighted by Gasteiger charge is 2.26. The lowest BCUT2D eigenvalue weighted by molar-refractivity contribution is 0.371. The standard InChI is InChI=1S/C17H19Cl2NS/c18-14-8-7-13(15(19)10-14)11-20-17(12-4-1-2-5-12)16-6-3-9-21-16/h3,6-10,12,17,20H,1-2,4-5,11H2. The van der Waals surface area contributed by atoms with Crippen molar-refractivity contribution in [2.24, 2.45) is 5.92 Å². The van der Waals surface area contributed by atoms with Crippen LogP contribution in [-0.4, -0.2) is 0 Å². The van der Waals surface area contributed by atoms with Crippen LogP contribution in [0.4, 0.5) is 0 Å². The Kier molecular flexibility index (Phi) is 5.23. The van der Waals surface area contributed by atoms with Gasteiger partial charge in [0.2, 0.25) is 0 Å². The highest BCUT2D eigenvalue weighted by atomic mass is 35.5. The largest absolute Gasteiger partial charge is 0.305 e. The number of nitrogens with one attached hydrogen (secondary N) is 1. The first kappa shape index (κ1) is 15.4. The van der Waals surface area contributed by atoms with Crippen molar-refractivity contribution < 1.29 is 0 Å². The molecule has 3 rings (SSSR count). The minimum atomic E-state index is 0.444. The van der Waals surface area contributed by atoms with Crippen LogP contribution in [-0.2, 0) is 6.54 Å². The molecule has 2 aromatic rings. The van der Waals surface area contributed by atoms with Crippen molar-refractivity contribution in [1.82, 2.24) is 5.32 Å². The number of hydrogen-bond donors (Lipinski definition) is 1. The molecule has 0 spiro atoms. The summed E-state index contributed by atoms with van der Waals surface area (Å²) in [5.74, 6) is 0.745. The van der Waals surface area contributed by atoms with Crippen molar-refractivity contribution in [3.05, 3.63) is 56.2 Å². The van der Waals surface area contributed by atoms with Gasteiger partial charge in [-0.2, -0.15) is 0 Å². The van der Waals surface area contributed by atoms with Gasteiger partial charge in [0.1, 0.15) is 0 Å². The predicted octanol–water partition coefficient (Wildman–Crippen LogP) is 6.08. The summed E-state index contributed by atoms with van der Waals surface area (Å²) < 4.78 is 0. The average Bonchev–Trinajstić information content (AvgIpc) is 3.14. The Labute approximate surface area is 140 Å². The van der Waals surface area contributed by atoms with Crippen LogP contribution in [0.15, 0.2) is 35.7 Å². The van der Waals surface area contributed by atoms with Crippen LogP contribution < -0.4 is 5.32 Å². The fourth-order valence-corrected chi connectivity index (χ4v) is 4.51. The molecule has 0 saturated heterocycles. The summed E-state index contributed by atoms with van der Waals surface area (Å²) in [6.07, 6.45) is 5.36. The van der Waals surface area contributed by atoms with E-state index in [9.17, 15) is 0 Å². The summed E-state index contributed by atoms with van der Waals surface area (Å²) in [4.78, 5) is 1.44. The molecule has 0 bridgehead atoms. The van der Waals surface area contributed by atoms with Crippen molar-refractivity contribution in [3.63, 3.8) is 0 Å². The Morgan fingerprint density at radius 3 is 2.67 bits per heavy atom. The Morgan fingerprint density at radius 1 is 1.19 bits per heavy atom. The Bertz CT molecular complexity index is 576. The molecule has 21 heavy (non-hydrogen) atoms. The van der Waals surface area contributed by atoms with Gasteiger partial charge in [-0.25, -0.2) is 0 Å². The van der Waals surface area contributed by atoms with E-state index in [2.05, 4.69) is 22.8 Å². The molecular formula is C17H19Cl2NS. The summed E-state index contributed by atoms with van der Waals surface area (Å²) in [6, 6.07) is 10.6. The van der Waals surface area contributed by atoms with E-state index in [1.165, 1.54) is 30.6 Å². The minimum Gasteiger partial charge on any atom is -0.305 e. The summed E-state index contributed by atoms with van der Waals surface area (Å²) in [5, 5.41) is 7.32. The number of hydrogen-bond acceptors (Lipinski definition) is 2. The van der Waals surface area contributed by atoms with E-state index in [4.69, 9.17) is 23.2 Å². The highest BCUT2D eigenvalue weighted by molar-refractivity contribution is 7.10. The Hall–Kier alpha value is -0.540. The van der Waals surface area contributed by atoms with Gasteiger partial charge in [0.15, 0.2) is 0 Å². The summed E-state index contributed by atoms with van der Waals surface area (Å²) >= 11 is 14.1. The molecule has 112 valence electrons. The number of halogens is 2. The van der Waals surface area contributed by atoms with Gasteiger partial charge in [0.05, 0.1) is 0 Å². The average molecular weight is 340 g/mol. The third kappa shape index (κ3) is 3.81. The van der Waals surface area contributed by atoms with E-state index in [1.807, 2.05) is 29.5 Å². The second-order valence-corrected chi connectivity index (χ2v) is 7.48. The summed E-state index contributed by atoms with van der Waals surface area (Å²) in [7, 11) is 0. The van der Waals surface area contributed by atoms with Crippen LogP contribution in [0.2, 0.25) is 10.0 Å². The molecule has 1 aromatic carbocycles. The van der Waals surface area contributed by atoms with Crippen LogP contribution in [0.5, 0.6) is 0 Å². The second kappa shape index (κ2) is 7.15. The van der Waals surface area contributed by atoms with E-state index >= 15 is 0 Å². The molecule has 1 atom stereocenters. The van der Waals surface area contributed by atoms with Gasteiger partial charge in [-0.3, -0.25) is 0 Å². The third-order valence-electron chi connectivity index (χ3n) is 4.25.